The summed E-state index contributed by atoms with van der Waals surface area (Å²) < 4.78 is 5.50. The van der Waals surface area contributed by atoms with E-state index in [9.17, 15) is 0 Å². The molecule has 15 heavy (non-hydrogen) atoms. The third kappa shape index (κ3) is 2.78. The molecule has 1 aromatic heterocycles. The van der Waals surface area contributed by atoms with Crippen LogP contribution in [0.3, 0.4) is 0 Å². The van der Waals surface area contributed by atoms with Crippen molar-refractivity contribution in [1.82, 2.24) is 5.32 Å². The molecule has 2 heterocycles. The summed E-state index contributed by atoms with van der Waals surface area (Å²) in [7, 11) is 0. The number of hydrogen-bond acceptors (Lipinski definition) is 4. The molecule has 4 heteroatoms. The van der Waals surface area contributed by atoms with Crippen molar-refractivity contribution in [3.05, 3.63) is 22.4 Å². The number of hydrogen-bond donors (Lipinski definition) is 1. The van der Waals surface area contributed by atoms with Gasteiger partial charge in [0.15, 0.2) is 0 Å². The molecule has 1 aliphatic rings. The first-order chi connectivity index (χ1) is 7.40. The van der Waals surface area contributed by atoms with Crippen molar-refractivity contribution in [2.75, 3.05) is 13.2 Å². The molecule has 1 N–H and O–H groups in total. The van der Waals surface area contributed by atoms with Gasteiger partial charge in [-0.2, -0.15) is 16.6 Å². The zero-order valence-electron chi connectivity index (χ0n) is 8.48. The molecule has 1 saturated heterocycles. The van der Waals surface area contributed by atoms with Crippen LogP contribution in [0.2, 0.25) is 0 Å². The fourth-order valence-corrected chi connectivity index (χ4v) is 2.42. The quantitative estimate of drug-likeness (QED) is 0.848. The van der Waals surface area contributed by atoms with Gasteiger partial charge in [-0.25, -0.2) is 0 Å². The van der Waals surface area contributed by atoms with Gasteiger partial charge < -0.3 is 4.74 Å². The van der Waals surface area contributed by atoms with Crippen LogP contribution in [-0.2, 0) is 4.74 Å². The average Bonchev–Trinajstić information content (AvgIpc) is 2.90. The second-order valence-corrected chi connectivity index (χ2v) is 4.44. The van der Waals surface area contributed by atoms with Crippen molar-refractivity contribution in [3.8, 4) is 6.07 Å². The van der Waals surface area contributed by atoms with Gasteiger partial charge in [-0.1, -0.05) is 0 Å². The molecule has 0 bridgehead atoms. The molecule has 2 rings (SSSR count). The Labute approximate surface area is 93.7 Å². The van der Waals surface area contributed by atoms with Crippen LogP contribution in [0.25, 0.3) is 0 Å². The van der Waals surface area contributed by atoms with E-state index in [1.54, 1.807) is 11.3 Å². The van der Waals surface area contributed by atoms with Crippen molar-refractivity contribution in [2.45, 2.75) is 25.0 Å². The molecule has 1 aliphatic heterocycles. The summed E-state index contributed by atoms with van der Waals surface area (Å²) in [4.78, 5) is 0. The number of ether oxygens (including phenoxy) is 1. The predicted octanol–water partition coefficient (Wildman–Crippen LogP) is 2.08. The normalized spacial score (nSPS) is 22.5. The Morgan fingerprint density at radius 2 is 2.67 bits per heavy atom. The minimum Gasteiger partial charge on any atom is -0.377 e. The van der Waals surface area contributed by atoms with Gasteiger partial charge in [0.1, 0.15) is 6.04 Å². The fraction of sp³-hybridized carbons (Fsp3) is 0.545. The summed E-state index contributed by atoms with van der Waals surface area (Å²) in [6.07, 6.45) is 2.54. The Morgan fingerprint density at radius 1 is 1.73 bits per heavy atom. The Hall–Kier alpha value is -0.890. The van der Waals surface area contributed by atoms with Crippen molar-refractivity contribution in [3.63, 3.8) is 0 Å². The summed E-state index contributed by atoms with van der Waals surface area (Å²) in [5, 5.41) is 16.3. The number of nitrogens with one attached hydrogen (secondary N) is 1. The van der Waals surface area contributed by atoms with E-state index in [0.717, 1.165) is 31.6 Å². The standard InChI is InChI=1S/C11H14N2OS/c12-6-11(9-3-5-15-8-9)13-7-10-2-1-4-14-10/h3,5,8,10-11,13H,1-2,4,7H2. The highest BCUT2D eigenvalue weighted by molar-refractivity contribution is 7.08. The number of nitriles is 1. The van der Waals surface area contributed by atoms with E-state index in [1.165, 1.54) is 0 Å². The van der Waals surface area contributed by atoms with E-state index in [0.29, 0.717) is 6.10 Å². The molecule has 0 aliphatic carbocycles. The Kier molecular flexibility index (Phi) is 3.73. The minimum atomic E-state index is -0.194. The van der Waals surface area contributed by atoms with Crippen LogP contribution >= 0.6 is 11.3 Å². The SMILES string of the molecule is N#CC(NCC1CCCO1)c1ccsc1. The van der Waals surface area contributed by atoms with Crippen LogP contribution in [0.4, 0.5) is 0 Å². The maximum atomic E-state index is 9.02. The second-order valence-electron chi connectivity index (χ2n) is 3.66. The third-order valence-electron chi connectivity index (χ3n) is 2.58. The zero-order chi connectivity index (χ0) is 10.5. The van der Waals surface area contributed by atoms with Crippen molar-refractivity contribution >= 4 is 11.3 Å². The molecular formula is C11H14N2OS. The highest BCUT2D eigenvalue weighted by Gasteiger charge is 2.17. The Morgan fingerprint density at radius 3 is 3.27 bits per heavy atom. The highest BCUT2D eigenvalue weighted by atomic mass is 32.1. The zero-order valence-corrected chi connectivity index (χ0v) is 9.30. The summed E-state index contributed by atoms with van der Waals surface area (Å²) >= 11 is 1.62. The van der Waals surface area contributed by atoms with Gasteiger partial charge in [0, 0.05) is 13.2 Å². The van der Waals surface area contributed by atoms with E-state index >= 15 is 0 Å². The van der Waals surface area contributed by atoms with Gasteiger partial charge in [-0.15, -0.1) is 0 Å². The largest absolute Gasteiger partial charge is 0.377 e. The first-order valence-electron chi connectivity index (χ1n) is 5.17. The summed E-state index contributed by atoms with van der Waals surface area (Å²) in [5.41, 5.74) is 1.06. The van der Waals surface area contributed by atoms with E-state index in [1.807, 2.05) is 16.8 Å². The molecule has 80 valence electrons. The summed E-state index contributed by atoms with van der Waals surface area (Å²) in [6.45, 7) is 1.64. The van der Waals surface area contributed by atoms with Crippen molar-refractivity contribution < 1.29 is 4.74 Å². The van der Waals surface area contributed by atoms with Gasteiger partial charge in [0.25, 0.3) is 0 Å². The monoisotopic (exact) mass is 222 g/mol. The second kappa shape index (κ2) is 5.26. The maximum absolute atomic E-state index is 9.02. The first-order valence-corrected chi connectivity index (χ1v) is 6.11. The smallest absolute Gasteiger partial charge is 0.122 e. The van der Waals surface area contributed by atoms with Crippen molar-refractivity contribution in [2.24, 2.45) is 0 Å². The molecule has 0 saturated carbocycles. The average molecular weight is 222 g/mol. The third-order valence-corrected chi connectivity index (χ3v) is 3.28. The van der Waals surface area contributed by atoms with Crippen LogP contribution in [0, 0.1) is 11.3 Å². The van der Waals surface area contributed by atoms with Crippen LogP contribution < -0.4 is 5.32 Å². The lowest BCUT2D eigenvalue weighted by atomic mass is 10.1. The van der Waals surface area contributed by atoms with Crippen LogP contribution in [0.15, 0.2) is 16.8 Å². The molecule has 0 aromatic carbocycles. The maximum Gasteiger partial charge on any atom is 0.122 e. The highest BCUT2D eigenvalue weighted by Crippen LogP contribution is 2.17. The van der Waals surface area contributed by atoms with E-state index in [2.05, 4.69) is 11.4 Å². The van der Waals surface area contributed by atoms with Crippen LogP contribution in [0.1, 0.15) is 24.4 Å². The molecule has 1 fully saturated rings. The summed E-state index contributed by atoms with van der Waals surface area (Å²) in [5.74, 6) is 0. The number of thiophene rings is 1. The van der Waals surface area contributed by atoms with Gasteiger partial charge in [0.05, 0.1) is 12.2 Å². The van der Waals surface area contributed by atoms with Gasteiger partial charge in [-0.05, 0) is 35.2 Å². The van der Waals surface area contributed by atoms with Crippen LogP contribution in [-0.4, -0.2) is 19.3 Å². The van der Waals surface area contributed by atoms with Gasteiger partial charge in [-0.3, -0.25) is 5.32 Å². The topological polar surface area (TPSA) is 45.0 Å². The van der Waals surface area contributed by atoms with E-state index in [4.69, 9.17) is 10.00 Å². The fourth-order valence-electron chi connectivity index (χ4n) is 1.73. The Bertz CT molecular complexity index is 325. The lowest BCUT2D eigenvalue weighted by molar-refractivity contribution is 0.109. The van der Waals surface area contributed by atoms with E-state index in [-0.39, 0.29) is 6.04 Å². The summed E-state index contributed by atoms with van der Waals surface area (Å²) in [6, 6.07) is 4.06. The first kappa shape index (κ1) is 10.6. The van der Waals surface area contributed by atoms with Gasteiger partial charge >= 0.3 is 0 Å². The van der Waals surface area contributed by atoms with Crippen molar-refractivity contribution in [1.29, 1.82) is 5.26 Å². The minimum absolute atomic E-state index is 0.194. The number of nitrogens with zero attached hydrogens (tertiary/aromatic N) is 1. The molecule has 2 atom stereocenters. The predicted molar refractivity (Wildman–Crippen MR) is 59.6 cm³/mol. The Balaban J connectivity index is 1.84. The molecular weight excluding hydrogens is 208 g/mol. The lowest BCUT2D eigenvalue weighted by Gasteiger charge is -2.14. The molecule has 1 aromatic rings. The molecule has 2 unspecified atom stereocenters. The molecule has 0 amide bonds. The molecule has 0 radical (unpaired) electrons. The van der Waals surface area contributed by atoms with Crippen LogP contribution in [0.5, 0.6) is 0 Å². The number of rotatable bonds is 4. The molecule has 0 spiro atoms. The lowest BCUT2D eigenvalue weighted by Crippen LogP contribution is -2.29. The molecule has 3 nitrogen and oxygen atoms in total. The van der Waals surface area contributed by atoms with E-state index < -0.39 is 0 Å². The van der Waals surface area contributed by atoms with Gasteiger partial charge in [0.2, 0.25) is 0 Å².